The fourth-order valence-electron chi connectivity index (χ4n) is 2.63. The van der Waals surface area contributed by atoms with Gasteiger partial charge in [0.1, 0.15) is 0 Å². The van der Waals surface area contributed by atoms with E-state index >= 15 is 0 Å². The lowest BCUT2D eigenvalue weighted by atomic mass is 9.73. The van der Waals surface area contributed by atoms with Gasteiger partial charge in [0.15, 0.2) is 11.6 Å². The Balaban J connectivity index is 5.02. The Bertz CT molecular complexity index is 464. The molecule has 0 aromatic heterocycles. The summed E-state index contributed by atoms with van der Waals surface area (Å²) in [4.78, 5) is 34.6. The fraction of sp³-hybridized carbons (Fsp3) is 0.526. The molecule has 0 aliphatic heterocycles. The third-order valence-corrected chi connectivity index (χ3v) is 4.22. The molecule has 0 aromatic rings. The molecule has 23 heavy (non-hydrogen) atoms. The second kappa shape index (κ2) is 10.7. The first-order chi connectivity index (χ1) is 10.8. The van der Waals surface area contributed by atoms with Crippen molar-refractivity contribution in [3.63, 3.8) is 0 Å². The van der Waals surface area contributed by atoms with E-state index < -0.39 is 5.97 Å². The molecule has 0 fully saturated rings. The van der Waals surface area contributed by atoms with Crippen molar-refractivity contribution in [2.24, 2.45) is 11.3 Å². The molecule has 0 radical (unpaired) electrons. The van der Waals surface area contributed by atoms with Crippen LogP contribution in [-0.2, 0) is 19.1 Å². The Morgan fingerprint density at radius 1 is 1.13 bits per heavy atom. The van der Waals surface area contributed by atoms with E-state index in [0.29, 0.717) is 25.7 Å². The smallest absolute Gasteiger partial charge is 0.330 e. The first-order valence-electron chi connectivity index (χ1n) is 7.95. The maximum atomic E-state index is 11.8. The highest BCUT2D eigenvalue weighted by Crippen LogP contribution is 2.37. The first-order valence-corrected chi connectivity index (χ1v) is 7.95. The van der Waals surface area contributed by atoms with Crippen LogP contribution in [0.2, 0.25) is 0 Å². The summed E-state index contributed by atoms with van der Waals surface area (Å²) in [5.41, 5.74) is -0.335. The van der Waals surface area contributed by atoms with Crippen molar-refractivity contribution in [1.29, 1.82) is 0 Å². The van der Waals surface area contributed by atoms with Crippen molar-refractivity contribution < 1.29 is 19.1 Å². The molecule has 4 heteroatoms. The van der Waals surface area contributed by atoms with Gasteiger partial charge in [-0.05, 0) is 37.8 Å². The summed E-state index contributed by atoms with van der Waals surface area (Å²) in [6.45, 7) is 14.4. The number of carbonyl (C=O) groups is 3. The van der Waals surface area contributed by atoms with Crippen LogP contribution >= 0.6 is 0 Å². The SMILES string of the molecule is C=CC(=O)CCCC(CC)(COC(=O)C=C)CC(C)C(=O)C=C. The molecular weight excluding hydrogens is 292 g/mol. The topological polar surface area (TPSA) is 60.4 Å². The van der Waals surface area contributed by atoms with Crippen LogP contribution in [0.1, 0.15) is 46.0 Å². The lowest BCUT2D eigenvalue weighted by Crippen LogP contribution is -2.31. The zero-order chi connectivity index (χ0) is 17.9. The highest BCUT2D eigenvalue weighted by Gasteiger charge is 2.33. The summed E-state index contributed by atoms with van der Waals surface area (Å²) >= 11 is 0. The molecule has 0 saturated carbocycles. The van der Waals surface area contributed by atoms with E-state index in [-0.39, 0.29) is 29.5 Å². The van der Waals surface area contributed by atoms with E-state index in [2.05, 4.69) is 19.7 Å². The van der Waals surface area contributed by atoms with Crippen LogP contribution in [0.15, 0.2) is 38.0 Å². The summed E-state index contributed by atoms with van der Waals surface area (Å²) in [6, 6.07) is 0. The van der Waals surface area contributed by atoms with Crippen molar-refractivity contribution in [2.45, 2.75) is 46.0 Å². The molecule has 0 amide bonds. The Morgan fingerprint density at radius 3 is 2.26 bits per heavy atom. The minimum absolute atomic E-state index is 0.00620. The molecule has 0 aromatic carbocycles. The Hall–Kier alpha value is -1.97. The number of esters is 1. The number of hydrogen-bond acceptors (Lipinski definition) is 4. The van der Waals surface area contributed by atoms with E-state index in [0.717, 1.165) is 12.5 Å². The zero-order valence-electron chi connectivity index (χ0n) is 14.3. The van der Waals surface area contributed by atoms with Gasteiger partial charge in [-0.25, -0.2) is 4.79 Å². The van der Waals surface area contributed by atoms with Gasteiger partial charge in [0, 0.05) is 23.8 Å². The second-order valence-electron chi connectivity index (χ2n) is 5.90. The van der Waals surface area contributed by atoms with E-state index in [1.165, 1.54) is 12.2 Å². The molecule has 0 saturated heterocycles. The van der Waals surface area contributed by atoms with Crippen molar-refractivity contribution in [3.05, 3.63) is 38.0 Å². The molecule has 0 aliphatic carbocycles. The van der Waals surface area contributed by atoms with Crippen LogP contribution in [0.3, 0.4) is 0 Å². The molecular formula is C19H28O4. The van der Waals surface area contributed by atoms with Crippen LogP contribution in [-0.4, -0.2) is 24.1 Å². The minimum Gasteiger partial charge on any atom is -0.462 e. The van der Waals surface area contributed by atoms with E-state index in [1.807, 2.05) is 13.8 Å². The molecule has 4 nitrogen and oxygen atoms in total. The number of allylic oxidation sites excluding steroid dienone is 2. The maximum absolute atomic E-state index is 11.8. The van der Waals surface area contributed by atoms with Crippen molar-refractivity contribution >= 4 is 17.5 Å². The highest BCUT2D eigenvalue weighted by molar-refractivity contribution is 5.91. The maximum Gasteiger partial charge on any atom is 0.330 e. The predicted octanol–water partition coefficient (Wildman–Crippen LogP) is 3.82. The van der Waals surface area contributed by atoms with E-state index in [1.54, 1.807) is 0 Å². The van der Waals surface area contributed by atoms with Crippen LogP contribution in [0.4, 0.5) is 0 Å². The summed E-state index contributed by atoms with van der Waals surface area (Å²) in [5.74, 6) is -0.717. The number of ketones is 2. The quantitative estimate of drug-likeness (QED) is 0.382. The zero-order valence-corrected chi connectivity index (χ0v) is 14.3. The normalized spacial score (nSPS) is 14.2. The van der Waals surface area contributed by atoms with Crippen LogP contribution in [0, 0.1) is 11.3 Å². The van der Waals surface area contributed by atoms with E-state index in [4.69, 9.17) is 4.74 Å². The summed E-state index contributed by atoms with van der Waals surface area (Å²) < 4.78 is 5.25. The predicted molar refractivity (Wildman–Crippen MR) is 91.9 cm³/mol. The Labute approximate surface area is 139 Å². The van der Waals surface area contributed by atoms with Crippen molar-refractivity contribution in [1.82, 2.24) is 0 Å². The number of ether oxygens (including phenoxy) is 1. The first kappa shape index (κ1) is 21.0. The summed E-state index contributed by atoms with van der Waals surface area (Å²) in [6.07, 6.45) is 6.86. The standard InChI is InChI=1S/C19H28O4/c1-6-16(20)11-10-12-19(9-4,14-23-18(22)8-3)13-15(5)17(21)7-2/h6-8,15H,1-3,9-14H2,4-5H3. The van der Waals surface area contributed by atoms with E-state index in [9.17, 15) is 14.4 Å². The number of carbonyl (C=O) groups excluding carboxylic acids is 3. The summed E-state index contributed by atoms with van der Waals surface area (Å²) in [5, 5.41) is 0. The van der Waals surface area contributed by atoms with Gasteiger partial charge in [-0.3, -0.25) is 9.59 Å². The third kappa shape index (κ3) is 7.73. The van der Waals surface area contributed by atoms with Crippen molar-refractivity contribution in [2.75, 3.05) is 6.61 Å². The lowest BCUT2D eigenvalue weighted by molar-refractivity contribution is -0.142. The van der Waals surface area contributed by atoms with Crippen LogP contribution in [0.25, 0.3) is 0 Å². The molecule has 2 unspecified atom stereocenters. The second-order valence-corrected chi connectivity index (χ2v) is 5.90. The Morgan fingerprint density at radius 2 is 1.78 bits per heavy atom. The molecule has 0 rings (SSSR count). The minimum atomic E-state index is -0.479. The van der Waals surface area contributed by atoms with Gasteiger partial charge in [-0.1, -0.05) is 33.6 Å². The van der Waals surface area contributed by atoms with Crippen LogP contribution in [0.5, 0.6) is 0 Å². The van der Waals surface area contributed by atoms with Crippen molar-refractivity contribution in [3.8, 4) is 0 Å². The molecule has 0 N–H and O–H groups in total. The van der Waals surface area contributed by atoms with Gasteiger partial charge in [0.05, 0.1) is 6.61 Å². The molecule has 0 heterocycles. The third-order valence-electron chi connectivity index (χ3n) is 4.22. The monoisotopic (exact) mass is 320 g/mol. The van der Waals surface area contributed by atoms with Gasteiger partial charge in [-0.15, -0.1) is 0 Å². The number of rotatable bonds is 13. The molecule has 0 aliphatic rings. The van der Waals surface area contributed by atoms with Crippen LogP contribution < -0.4 is 0 Å². The molecule has 2 atom stereocenters. The van der Waals surface area contributed by atoms with Gasteiger partial charge < -0.3 is 4.74 Å². The van der Waals surface area contributed by atoms with Gasteiger partial charge in [0.25, 0.3) is 0 Å². The molecule has 128 valence electrons. The average Bonchev–Trinajstić information content (AvgIpc) is 2.57. The fourth-order valence-corrected chi connectivity index (χ4v) is 2.63. The lowest BCUT2D eigenvalue weighted by Gasteiger charge is -2.34. The highest BCUT2D eigenvalue weighted by atomic mass is 16.5. The van der Waals surface area contributed by atoms with Gasteiger partial charge in [0.2, 0.25) is 0 Å². The van der Waals surface area contributed by atoms with Gasteiger partial charge in [-0.2, -0.15) is 0 Å². The number of hydrogen-bond donors (Lipinski definition) is 0. The molecule has 0 spiro atoms. The van der Waals surface area contributed by atoms with Gasteiger partial charge >= 0.3 is 5.97 Å². The average molecular weight is 320 g/mol. The molecule has 0 bridgehead atoms. The summed E-state index contributed by atoms with van der Waals surface area (Å²) in [7, 11) is 0. The Kier molecular flexibility index (Phi) is 9.79. The largest absolute Gasteiger partial charge is 0.462 e.